The smallest absolute Gasteiger partial charge is 0.138 e. The van der Waals surface area contributed by atoms with Crippen molar-refractivity contribution in [2.24, 2.45) is 0 Å². The van der Waals surface area contributed by atoms with Gasteiger partial charge in [0.1, 0.15) is 5.82 Å². The highest BCUT2D eigenvalue weighted by Gasteiger charge is 2.10. The molecule has 0 heterocycles. The Morgan fingerprint density at radius 2 is 1.43 bits per heavy atom. The zero-order valence-electron chi connectivity index (χ0n) is 15.9. The molecular formula is C26H22ClF. The Bertz CT molecular complexity index is 1100. The van der Waals surface area contributed by atoms with Crippen LogP contribution in [0.5, 0.6) is 0 Å². The third-order valence-corrected chi connectivity index (χ3v) is 5.47. The highest BCUT2D eigenvalue weighted by molar-refractivity contribution is 6.30. The van der Waals surface area contributed by atoms with Crippen LogP contribution in [-0.4, -0.2) is 0 Å². The molecule has 0 unspecified atom stereocenters. The summed E-state index contributed by atoms with van der Waals surface area (Å²) in [5.74, 6) is -0.193. The van der Waals surface area contributed by atoms with Gasteiger partial charge in [0.2, 0.25) is 0 Å². The van der Waals surface area contributed by atoms with Crippen molar-refractivity contribution in [3.63, 3.8) is 0 Å². The summed E-state index contributed by atoms with van der Waals surface area (Å²) in [6.45, 7) is 2.21. The molecule has 0 aliphatic carbocycles. The van der Waals surface area contributed by atoms with Crippen LogP contribution in [0.2, 0.25) is 5.02 Å². The average Bonchev–Trinajstić information content (AvgIpc) is 2.73. The molecule has 0 radical (unpaired) electrons. The van der Waals surface area contributed by atoms with E-state index in [-0.39, 0.29) is 5.82 Å². The van der Waals surface area contributed by atoms with Crippen molar-refractivity contribution in [2.75, 3.05) is 0 Å². The number of unbranched alkanes of at least 4 members (excludes halogenated alkanes) is 1. The van der Waals surface area contributed by atoms with Gasteiger partial charge in [0.05, 0.1) is 0 Å². The Hall–Kier alpha value is -2.64. The van der Waals surface area contributed by atoms with E-state index in [9.17, 15) is 0 Å². The van der Waals surface area contributed by atoms with E-state index < -0.39 is 0 Å². The van der Waals surface area contributed by atoms with E-state index in [1.165, 1.54) is 18.4 Å². The molecule has 140 valence electrons. The highest BCUT2D eigenvalue weighted by Crippen LogP contribution is 2.32. The van der Waals surface area contributed by atoms with Crippen LogP contribution in [0.3, 0.4) is 0 Å². The lowest BCUT2D eigenvalue weighted by molar-refractivity contribution is 0.643. The number of hydrogen-bond donors (Lipinski definition) is 0. The molecule has 4 aromatic rings. The third-order valence-electron chi connectivity index (χ3n) is 5.22. The summed E-state index contributed by atoms with van der Waals surface area (Å²) >= 11 is 5.95. The predicted molar refractivity (Wildman–Crippen MR) is 118 cm³/mol. The number of hydrogen-bond acceptors (Lipinski definition) is 0. The summed E-state index contributed by atoms with van der Waals surface area (Å²) < 4.78 is 15.1. The molecule has 0 saturated heterocycles. The highest BCUT2D eigenvalue weighted by atomic mass is 35.5. The van der Waals surface area contributed by atoms with E-state index in [0.29, 0.717) is 16.0 Å². The molecule has 0 aliphatic heterocycles. The van der Waals surface area contributed by atoms with Gasteiger partial charge in [-0.3, -0.25) is 0 Å². The normalized spacial score (nSPS) is 11.1. The molecule has 0 amide bonds. The summed E-state index contributed by atoms with van der Waals surface area (Å²) in [6.07, 6.45) is 3.54. The molecule has 0 N–H and O–H groups in total. The number of benzene rings is 4. The molecule has 0 spiro atoms. The molecule has 0 nitrogen and oxygen atoms in total. The van der Waals surface area contributed by atoms with Crippen molar-refractivity contribution in [3.8, 4) is 22.3 Å². The quantitative estimate of drug-likeness (QED) is 0.322. The maximum Gasteiger partial charge on any atom is 0.138 e. The Kier molecular flexibility index (Phi) is 5.45. The second-order valence-electron chi connectivity index (χ2n) is 7.17. The van der Waals surface area contributed by atoms with E-state index in [2.05, 4.69) is 37.3 Å². The first-order valence-corrected chi connectivity index (χ1v) is 10.1. The Morgan fingerprint density at radius 1 is 0.750 bits per heavy atom. The molecule has 28 heavy (non-hydrogen) atoms. The van der Waals surface area contributed by atoms with Crippen molar-refractivity contribution in [1.82, 2.24) is 0 Å². The first kappa shape index (κ1) is 18.7. The van der Waals surface area contributed by atoms with E-state index >= 15 is 4.39 Å². The third kappa shape index (κ3) is 3.81. The first-order valence-electron chi connectivity index (χ1n) is 9.73. The average molecular weight is 389 g/mol. The lowest BCUT2D eigenvalue weighted by atomic mass is 9.96. The van der Waals surface area contributed by atoms with Gasteiger partial charge in [0.25, 0.3) is 0 Å². The molecular weight excluding hydrogens is 367 g/mol. The monoisotopic (exact) mass is 388 g/mol. The lowest BCUT2D eigenvalue weighted by Crippen LogP contribution is -1.88. The molecule has 0 fully saturated rings. The topological polar surface area (TPSA) is 0 Å². The number of halogens is 2. The molecule has 4 rings (SSSR count). The second-order valence-corrected chi connectivity index (χ2v) is 7.61. The minimum absolute atomic E-state index is 0.193. The lowest BCUT2D eigenvalue weighted by Gasteiger charge is -2.10. The van der Waals surface area contributed by atoms with Crippen LogP contribution in [0.25, 0.3) is 33.0 Å². The maximum atomic E-state index is 15.1. The van der Waals surface area contributed by atoms with Gasteiger partial charge in [-0.05, 0) is 58.7 Å². The molecule has 0 aromatic heterocycles. The van der Waals surface area contributed by atoms with Gasteiger partial charge in [-0.2, -0.15) is 0 Å². The van der Waals surface area contributed by atoms with Crippen LogP contribution in [0.4, 0.5) is 4.39 Å². The van der Waals surface area contributed by atoms with Gasteiger partial charge >= 0.3 is 0 Å². The van der Waals surface area contributed by atoms with Gasteiger partial charge in [0.15, 0.2) is 0 Å². The van der Waals surface area contributed by atoms with Crippen LogP contribution in [0.15, 0.2) is 78.9 Å². The second kappa shape index (κ2) is 8.16. The van der Waals surface area contributed by atoms with Gasteiger partial charge in [0, 0.05) is 16.0 Å². The van der Waals surface area contributed by atoms with Crippen molar-refractivity contribution in [2.45, 2.75) is 26.2 Å². The molecule has 0 saturated carbocycles. The predicted octanol–water partition coefficient (Wildman–Crippen LogP) is 8.31. The summed E-state index contributed by atoms with van der Waals surface area (Å²) in [6, 6.07) is 25.7. The fraction of sp³-hybridized carbons (Fsp3) is 0.154. The summed E-state index contributed by atoms with van der Waals surface area (Å²) in [4.78, 5) is 0. The Balaban J connectivity index is 1.68. The minimum atomic E-state index is -0.193. The van der Waals surface area contributed by atoms with Crippen LogP contribution in [-0.2, 0) is 6.42 Å². The maximum absolute atomic E-state index is 15.1. The number of fused-ring (bicyclic) bond motifs is 1. The van der Waals surface area contributed by atoms with Crippen molar-refractivity contribution < 1.29 is 4.39 Å². The van der Waals surface area contributed by atoms with Gasteiger partial charge in [-0.25, -0.2) is 4.39 Å². The van der Waals surface area contributed by atoms with Gasteiger partial charge in [-0.15, -0.1) is 0 Å². The van der Waals surface area contributed by atoms with E-state index in [1.54, 1.807) is 12.1 Å². The van der Waals surface area contributed by atoms with Crippen LogP contribution in [0.1, 0.15) is 25.3 Å². The fourth-order valence-electron chi connectivity index (χ4n) is 3.57. The fourth-order valence-corrected chi connectivity index (χ4v) is 3.69. The first-order chi connectivity index (χ1) is 13.7. The molecule has 0 aliphatic rings. The van der Waals surface area contributed by atoms with Gasteiger partial charge < -0.3 is 0 Å². The SMILES string of the molecule is CCCCc1ccc(-c2ccc3c(F)c(-c4ccc(Cl)cc4)ccc3c2)cc1. The largest absolute Gasteiger partial charge is 0.206 e. The van der Waals surface area contributed by atoms with Crippen molar-refractivity contribution >= 4 is 22.4 Å². The van der Waals surface area contributed by atoms with E-state index in [4.69, 9.17) is 11.6 Å². The number of rotatable bonds is 5. The zero-order chi connectivity index (χ0) is 19.5. The van der Waals surface area contributed by atoms with Gasteiger partial charge in [-0.1, -0.05) is 85.6 Å². The summed E-state index contributed by atoms with van der Waals surface area (Å²) in [5, 5.41) is 2.19. The zero-order valence-corrected chi connectivity index (χ0v) is 16.6. The van der Waals surface area contributed by atoms with Crippen LogP contribution >= 0.6 is 11.6 Å². The van der Waals surface area contributed by atoms with E-state index in [1.807, 2.05) is 36.4 Å². The van der Waals surface area contributed by atoms with Crippen LogP contribution < -0.4 is 0 Å². The van der Waals surface area contributed by atoms with Crippen molar-refractivity contribution in [3.05, 3.63) is 95.3 Å². The van der Waals surface area contributed by atoms with Crippen LogP contribution in [0, 0.1) is 5.82 Å². The standard InChI is InChI=1S/C26H22ClF/c1-2-3-4-18-5-7-19(8-6-18)21-11-15-25-22(17-21)12-16-24(26(25)28)20-9-13-23(27)14-10-20/h5-17H,2-4H2,1H3. The van der Waals surface area contributed by atoms with Crippen molar-refractivity contribution in [1.29, 1.82) is 0 Å². The summed E-state index contributed by atoms with van der Waals surface area (Å²) in [7, 11) is 0. The number of aryl methyl sites for hydroxylation is 1. The minimum Gasteiger partial charge on any atom is -0.206 e. The Morgan fingerprint density at radius 3 is 2.14 bits per heavy atom. The molecule has 2 heteroatoms. The molecule has 0 bridgehead atoms. The molecule has 4 aromatic carbocycles. The summed E-state index contributed by atoms with van der Waals surface area (Å²) in [5.41, 5.74) is 5.05. The molecule has 0 atom stereocenters. The Labute approximate surface area is 170 Å². The van der Waals surface area contributed by atoms with E-state index in [0.717, 1.165) is 28.5 Å².